The molecule has 38 heavy (non-hydrogen) atoms. The number of hydrogen-bond donors (Lipinski definition) is 2. The van der Waals surface area contributed by atoms with Crippen LogP contribution in [0.1, 0.15) is 42.5 Å². The van der Waals surface area contributed by atoms with Gasteiger partial charge in [-0.15, -0.1) is 0 Å². The van der Waals surface area contributed by atoms with Gasteiger partial charge in [-0.3, -0.25) is 29.0 Å². The fraction of sp³-hybridized carbons (Fsp3) is 0.520. The van der Waals surface area contributed by atoms with E-state index in [9.17, 15) is 28.8 Å². The Morgan fingerprint density at radius 1 is 1.03 bits per heavy atom. The van der Waals surface area contributed by atoms with Crippen LogP contribution in [-0.4, -0.2) is 97.7 Å². The van der Waals surface area contributed by atoms with E-state index in [0.717, 1.165) is 5.01 Å². The zero-order chi connectivity index (χ0) is 27.8. The van der Waals surface area contributed by atoms with Crippen LogP contribution >= 0.6 is 0 Å². The number of nitrogens with zero attached hydrogens (tertiary/aromatic N) is 2. The van der Waals surface area contributed by atoms with Gasteiger partial charge in [0.15, 0.2) is 6.29 Å². The summed E-state index contributed by atoms with van der Waals surface area (Å²) in [7, 11) is 3.92. The van der Waals surface area contributed by atoms with Crippen LogP contribution in [0.25, 0.3) is 0 Å². The lowest BCUT2D eigenvalue weighted by Gasteiger charge is -2.43. The number of ether oxygens (including phenoxy) is 3. The van der Waals surface area contributed by atoms with Gasteiger partial charge in [-0.2, -0.15) is 0 Å². The molecule has 3 unspecified atom stereocenters. The molecule has 0 radical (unpaired) electrons. The Morgan fingerprint density at radius 3 is 2.34 bits per heavy atom. The molecule has 1 aromatic carbocycles. The summed E-state index contributed by atoms with van der Waals surface area (Å²) in [5.74, 6) is -4.36. The van der Waals surface area contributed by atoms with Gasteiger partial charge < -0.3 is 24.8 Å². The van der Waals surface area contributed by atoms with Gasteiger partial charge in [0, 0.05) is 39.2 Å². The van der Waals surface area contributed by atoms with Crippen LogP contribution in [0.2, 0.25) is 0 Å². The van der Waals surface area contributed by atoms with Gasteiger partial charge in [0.2, 0.25) is 17.6 Å². The zero-order valence-corrected chi connectivity index (χ0v) is 21.5. The van der Waals surface area contributed by atoms with Gasteiger partial charge in [-0.05, 0) is 19.3 Å². The van der Waals surface area contributed by atoms with Crippen molar-refractivity contribution in [1.82, 2.24) is 20.7 Å². The highest BCUT2D eigenvalue weighted by molar-refractivity contribution is 6.43. The van der Waals surface area contributed by atoms with Crippen molar-refractivity contribution in [3.63, 3.8) is 0 Å². The van der Waals surface area contributed by atoms with Crippen LogP contribution in [0.4, 0.5) is 0 Å². The fourth-order valence-electron chi connectivity index (χ4n) is 4.46. The highest BCUT2D eigenvalue weighted by Gasteiger charge is 2.45. The van der Waals surface area contributed by atoms with Gasteiger partial charge in [0.1, 0.15) is 18.1 Å². The molecule has 2 aliphatic rings. The lowest BCUT2D eigenvalue weighted by Crippen LogP contribution is -2.64. The van der Waals surface area contributed by atoms with Gasteiger partial charge in [0.05, 0.1) is 7.11 Å². The standard InChI is InChI=1S/C25H32N4O9/c1-36-20(37-2)14-17(25(35)38-3)27-22(32)18-10-7-13-28-19(30)12-11-16(24(34)29(18)28)26-23(33)21(31)15-8-5-4-6-9-15/h4-6,8-9,16-18,20H,7,10-14H2,1-3H3,(H,26,33)(H,27,32). The normalized spacial score (nSPS) is 20.3. The molecule has 4 amide bonds. The van der Waals surface area contributed by atoms with E-state index >= 15 is 0 Å². The number of methoxy groups -OCH3 is 3. The number of nitrogens with one attached hydrogen (secondary N) is 2. The van der Waals surface area contributed by atoms with E-state index in [0.29, 0.717) is 6.42 Å². The second-order valence-electron chi connectivity index (χ2n) is 8.84. The van der Waals surface area contributed by atoms with Crippen molar-refractivity contribution < 1.29 is 43.0 Å². The smallest absolute Gasteiger partial charge is 0.328 e. The summed E-state index contributed by atoms with van der Waals surface area (Å²) in [4.78, 5) is 77.3. The molecule has 206 valence electrons. The third kappa shape index (κ3) is 6.53. The molecule has 0 aliphatic carbocycles. The molecule has 2 heterocycles. The second kappa shape index (κ2) is 13.1. The van der Waals surface area contributed by atoms with Crippen molar-refractivity contribution in [2.24, 2.45) is 0 Å². The van der Waals surface area contributed by atoms with Crippen LogP contribution in [0.3, 0.4) is 0 Å². The molecular formula is C25H32N4O9. The first-order chi connectivity index (χ1) is 18.2. The van der Waals surface area contributed by atoms with Gasteiger partial charge >= 0.3 is 5.97 Å². The summed E-state index contributed by atoms with van der Waals surface area (Å²) >= 11 is 0. The average molecular weight is 533 g/mol. The fourth-order valence-corrected chi connectivity index (χ4v) is 4.46. The first-order valence-electron chi connectivity index (χ1n) is 12.2. The molecular weight excluding hydrogens is 500 g/mol. The number of fused-ring (bicyclic) bond motifs is 1. The number of rotatable bonds is 10. The number of esters is 1. The summed E-state index contributed by atoms with van der Waals surface area (Å²) in [6.45, 7) is 0.202. The molecule has 13 nitrogen and oxygen atoms in total. The summed E-state index contributed by atoms with van der Waals surface area (Å²) in [5.41, 5.74) is 0.151. The molecule has 0 aromatic heterocycles. The van der Waals surface area contributed by atoms with Crippen molar-refractivity contribution in [3.05, 3.63) is 35.9 Å². The predicted octanol–water partition coefficient (Wildman–Crippen LogP) is -0.451. The Bertz CT molecular complexity index is 1060. The number of carbonyl (C=O) groups is 6. The number of ketones is 1. The molecule has 3 rings (SSSR count). The van der Waals surface area contributed by atoms with E-state index in [1.807, 2.05) is 0 Å². The van der Waals surface area contributed by atoms with Gasteiger partial charge in [-0.1, -0.05) is 30.3 Å². The SMILES string of the molecule is COC(=O)C(CC(OC)OC)NC(=O)C1CCCN2C(=O)CCC(NC(=O)C(=O)c3ccccc3)C(=O)N12. The van der Waals surface area contributed by atoms with E-state index in [4.69, 9.17) is 14.2 Å². The quantitative estimate of drug-likeness (QED) is 0.176. The van der Waals surface area contributed by atoms with E-state index in [2.05, 4.69) is 10.6 Å². The minimum atomic E-state index is -1.21. The average Bonchev–Trinajstić information content (AvgIpc) is 3.06. The number of carbonyl (C=O) groups excluding carboxylic acids is 6. The van der Waals surface area contributed by atoms with Crippen LogP contribution in [0.5, 0.6) is 0 Å². The first kappa shape index (κ1) is 28.7. The number of amides is 4. The summed E-state index contributed by atoms with van der Waals surface area (Å²) in [6.07, 6.45) is -0.355. The summed E-state index contributed by atoms with van der Waals surface area (Å²) in [6, 6.07) is 4.36. The molecule has 0 saturated carbocycles. The Balaban J connectivity index is 1.80. The van der Waals surface area contributed by atoms with Crippen LogP contribution in [0.15, 0.2) is 30.3 Å². The maximum absolute atomic E-state index is 13.6. The lowest BCUT2D eigenvalue weighted by molar-refractivity contribution is -0.177. The van der Waals surface area contributed by atoms with E-state index in [-0.39, 0.29) is 37.8 Å². The molecule has 13 heteroatoms. The van der Waals surface area contributed by atoms with Crippen LogP contribution in [-0.2, 0) is 38.2 Å². The minimum Gasteiger partial charge on any atom is -0.467 e. The second-order valence-corrected chi connectivity index (χ2v) is 8.84. The van der Waals surface area contributed by atoms with Crippen LogP contribution in [0, 0.1) is 0 Å². The molecule has 1 aromatic rings. The van der Waals surface area contributed by atoms with E-state index in [1.54, 1.807) is 18.2 Å². The van der Waals surface area contributed by atoms with Crippen molar-refractivity contribution in [1.29, 1.82) is 0 Å². The largest absolute Gasteiger partial charge is 0.467 e. The topological polar surface area (TPSA) is 161 Å². The van der Waals surface area contributed by atoms with Crippen molar-refractivity contribution in [3.8, 4) is 0 Å². The molecule has 2 saturated heterocycles. The molecule has 3 atom stereocenters. The lowest BCUT2D eigenvalue weighted by atomic mass is 10.0. The molecule has 2 aliphatic heterocycles. The van der Waals surface area contributed by atoms with Gasteiger partial charge in [-0.25, -0.2) is 9.80 Å². The number of benzene rings is 1. The maximum Gasteiger partial charge on any atom is 0.328 e. The Labute approximate surface area is 219 Å². The summed E-state index contributed by atoms with van der Waals surface area (Å²) < 4.78 is 15.0. The Kier molecular flexibility index (Phi) is 9.91. The molecule has 2 N–H and O–H groups in total. The molecule has 0 spiro atoms. The van der Waals surface area contributed by atoms with E-state index < -0.39 is 59.8 Å². The highest BCUT2D eigenvalue weighted by atomic mass is 16.7. The third-order valence-corrected chi connectivity index (χ3v) is 6.47. The highest BCUT2D eigenvalue weighted by Crippen LogP contribution is 2.25. The molecule has 2 fully saturated rings. The van der Waals surface area contributed by atoms with Crippen molar-refractivity contribution >= 4 is 35.4 Å². The number of Topliss-reactive ketones (excluding diaryl/α,β-unsaturated/α-hetero) is 1. The Hall–Kier alpha value is -3.84. The Morgan fingerprint density at radius 2 is 1.71 bits per heavy atom. The summed E-state index contributed by atoms with van der Waals surface area (Å²) in [5, 5.41) is 7.23. The van der Waals surface area contributed by atoms with Crippen molar-refractivity contribution in [2.75, 3.05) is 27.9 Å². The van der Waals surface area contributed by atoms with Gasteiger partial charge in [0.25, 0.3) is 11.8 Å². The number of hydrogen-bond acceptors (Lipinski definition) is 9. The third-order valence-electron chi connectivity index (χ3n) is 6.47. The monoisotopic (exact) mass is 532 g/mol. The zero-order valence-electron chi connectivity index (χ0n) is 21.5. The molecule has 0 bridgehead atoms. The number of hydrazine groups is 1. The van der Waals surface area contributed by atoms with Crippen LogP contribution < -0.4 is 10.6 Å². The maximum atomic E-state index is 13.6. The predicted molar refractivity (Wildman–Crippen MR) is 130 cm³/mol. The minimum absolute atomic E-state index is 0.0407. The van der Waals surface area contributed by atoms with Crippen molar-refractivity contribution in [2.45, 2.75) is 56.5 Å². The first-order valence-corrected chi connectivity index (χ1v) is 12.2. The van der Waals surface area contributed by atoms with E-state index in [1.165, 1.54) is 38.5 Å².